The van der Waals surface area contributed by atoms with E-state index in [1.54, 1.807) is 29.2 Å². The maximum atomic E-state index is 13.4. The van der Waals surface area contributed by atoms with Gasteiger partial charge in [0.2, 0.25) is 21.8 Å². The molecule has 1 N–H and O–H groups in total. The molecule has 0 aliphatic carbocycles. The molecule has 0 aliphatic heterocycles. The Balaban J connectivity index is 2.24. The molecule has 1 atom stereocenters. The van der Waals surface area contributed by atoms with Gasteiger partial charge >= 0.3 is 0 Å². The minimum Gasteiger partial charge on any atom is -0.495 e. The Bertz CT molecular complexity index is 1100. The fourth-order valence-corrected chi connectivity index (χ4v) is 4.97. The van der Waals surface area contributed by atoms with Crippen LogP contribution in [0.1, 0.15) is 44.2 Å². The Kier molecular flexibility index (Phi) is 10.6. The minimum absolute atomic E-state index is 0.100. The summed E-state index contributed by atoms with van der Waals surface area (Å²) in [5.41, 5.74) is 2.43. The zero-order valence-electron chi connectivity index (χ0n) is 21.3. The molecule has 0 unspecified atom stereocenters. The highest BCUT2D eigenvalue weighted by atomic mass is 32.2. The van der Waals surface area contributed by atoms with Gasteiger partial charge in [0.25, 0.3) is 0 Å². The second kappa shape index (κ2) is 13.1. The van der Waals surface area contributed by atoms with Crippen molar-refractivity contribution in [3.63, 3.8) is 0 Å². The molecule has 0 radical (unpaired) electrons. The molecule has 2 amide bonds. The highest BCUT2D eigenvalue weighted by molar-refractivity contribution is 7.92. The van der Waals surface area contributed by atoms with Crippen molar-refractivity contribution < 1.29 is 22.7 Å². The lowest BCUT2D eigenvalue weighted by atomic mass is 10.1. The Morgan fingerprint density at radius 3 is 2.31 bits per heavy atom. The van der Waals surface area contributed by atoms with Crippen LogP contribution in [-0.4, -0.2) is 57.6 Å². The lowest BCUT2D eigenvalue weighted by Gasteiger charge is -2.31. The second-order valence-electron chi connectivity index (χ2n) is 8.38. The van der Waals surface area contributed by atoms with Crippen molar-refractivity contribution >= 4 is 27.5 Å². The Morgan fingerprint density at radius 1 is 1.06 bits per heavy atom. The lowest BCUT2D eigenvalue weighted by Crippen LogP contribution is -2.49. The van der Waals surface area contributed by atoms with E-state index in [1.807, 2.05) is 45.0 Å². The van der Waals surface area contributed by atoms with Gasteiger partial charge in [-0.3, -0.25) is 13.9 Å². The summed E-state index contributed by atoms with van der Waals surface area (Å²) in [5, 5.41) is 2.83. The average Bonchev–Trinajstić information content (AvgIpc) is 2.82. The molecule has 0 heterocycles. The van der Waals surface area contributed by atoms with Crippen molar-refractivity contribution in [3.8, 4) is 5.75 Å². The van der Waals surface area contributed by atoms with Crippen molar-refractivity contribution in [2.75, 3.05) is 30.8 Å². The fraction of sp³-hybridized carbons (Fsp3) is 0.462. The molecular weight excluding hydrogens is 466 g/mol. The summed E-state index contributed by atoms with van der Waals surface area (Å²) in [6.45, 7) is 6.59. The summed E-state index contributed by atoms with van der Waals surface area (Å²) in [5.74, 6) is 0.0521. The SMILES string of the molecule is CCNC(=O)[C@@H](CC)N(Cc1ccccc1C)C(=O)CCCN(c1ccccc1OC)S(C)(=O)=O. The number of ether oxygens (including phenoxy) is 1. The number of nitrogens with one attached hydrogen (secondary N) is 1. The van der Waals surface area contributed by atoms with E-state index in [1.165, 1.54) is 11.4 Å². The number of rotatable bonds is 13. The number of hydrogen-bond acceptors (Lipinski definition) is 5. The van der Waals surface area contributed by atoms with Crippen LogP contribution in [0.2, 0.25) is 0 Å². The van der Waals surface area contributed by atoms with Crippen LogP contribution in [0.25, 0.3) is 0 Å². The number of hydrogen-bond donors (Lipinski definition) is 1. The topological polar surface area (TPSA) is 96.0 Å². The zero-order chi connectivity index (χ0) is 26.0. The number of amides is 2. The first kappa shape index (κ1) is 28.2. The van der Waals surface area contributed by atoms with Gasteiger partial charge < -0.3 is 15.0 Å². The molecule has 9 heteroatoms. The molecular formula is C26H37N3O5S. The van der Waals surface area contributed by atoms with Crippen molar-refractivity contribution in [2.45, 2.75) is 52.6 Å². The molecule has 8 nitrogen and oxygen atoms in total. The molecule has 0 bridgehead atoms. The number of nitrogens with zero attached hydrogens (tertiary/aromatic N) is 2. The van der Waals surface area contributed by atoms with E-state index in [0.29, 0.717) is 37.4 Å². The van der Waals surface area contributed by atoms with Crippen LogP contribution in [0.5, 0.6) is 5.75 Å². The first-order chi connectivity index (χ1) is 16.6. The molecule has 2 aromatic carbocycles. The van der Waals surface area contributed by atoms with Gasteiger partial charge in [-0.1, -0.05) is 43.3 Å². The third-order valence-corrected chi connectivity index (χ3v) is 7.02. The van der Waals surface area contributed by atoms with E-state index >= 15 is 0 Å². The lowest BCUT2D eigenvalue weighted by molar-refractivity contribution is -0.141. The highest BCUT2D eigenvalue weighted by Crippen LogP contribution is 2.29. The van der Waals surface area contributed by atoms with Gasteiger partial charge in [0.15, 0.2) is 0 Å². The van der Waals surface area contributed by atoms with Crippen LogP contribution in [0, 0.1) is 6.92 Å². The molecule has 192 valence electrons. The minimum atomic E-state index is -3.60. The van der Waals surface area contributed by atoms with E-state index in [2.05, 4.69) is 5.32 Å². The van der Waals surface area contributed by atoms with Crippen LogP contribution in [0.4, 0.5) is 5.69 Å². The normalized spacial score (nSPS) is 12.0. The number of anilines is 1. The highest BCUT2D eigenvalue weighted by Gasteiger charge is 2.29. The molecule has 0 spiro atoms. The average molecular weight is 504 g/mol. The number of benzene rings is 2. The molecule has 2 aromatic rings. The zero-order valence-corrected chi connectivity index (χ0v) is 22.1. The summed E-state index contributed by atoms with van der Waals surface area (Å²) in [7, 11) is -2.12. The largest absolute Gasteiger partial charge is 0.495 e. The Morgan fingerprint density at radius 2 is 1.71 bits per heavy atom. The van der Waals surface area contributed by atoms with E-state index in [4.69, 9.17) is 4.74 Å². The molecule has 0 saturated carbocycles. The van der Waals surface area contributed by atoms with Crippen molar-refractivity contribution in [1.82, 2.24) is 10.2 Å². The molecule has 0 aromatic heterocycles. The summed E-state index contributed by atoms with van der Waals surface area (Å²) in [6, 6.07) is 14.0. The number of carbonyl (C=O) groups excluding carboxylic acids is 2. The summed E-state index contributed by atoms with van der Waals surface area (Å²) < 4.78 is 31.6. The van der Waals surface area contributed by atoms with Gasteiger partial charge in [0.05, 0.1) is 19.1 Å². The predicted octanol–water partition coefficient (Wildman–Crippen LogP) is 3.49. The van der Waals surface area contributed by atoms with Gasteiger partial charge in [-0.15, -0.1) is 0 Å². The maximum absolute atomic E-state index is 13.4. The Hall–Kier alpha value is -3.07. The fourth-order valence-electron chi connectivity index (χ4n) is 4.00. The molecule has 0 fully saturated rings. The molecule has 2 rings (SSSR count). The number of para-hydroxylation sites is 2. The van der Waals surface area contributed by atoms with Crippen molar-refractivity contribution in [2.24, 2.45) is 0 Å². The van der Waals surface area contributed by atoms with Gasteiger partial charge in [0, 0.05) is 26.1 Å². The van der Waals surface area contributed by atoms with Gasteiger partial charge in [-0.2, -0.15) is 0 Å². The van der Waals surface area contributed by atoms with Crippen LogP contribution in [0.15, 0.2) is 48.5 Å². The quantitative estimate of drug-likeness (QED) is 0.451. The van der Waals surface area contributed by atoms with E-state index in [9.17, 15) is 18.0 Å². The monoisotopic (exact) mass is 503 g/mol. The Labute approximate surface area is 209 Å². The third-order valence-electron chi connectivity index (χ3n) is 5.84. The summed E-state index contributed by atoms with van der Waals surface area (Å²) >= 11 is 0. The van der Waals surface area contributed by atoms with Crippen molar-refractivity contribution in [3.05, 3.63) is 59.7 Å². The van der Waals surface area contributed by atoms with Crippen molar-refractivity contribution in [1.29, 1.82) is 0 Å². The van der Waals surface area contributed by atoms with Gasteiger partial charge in [0.1, 0.15) is 11.8 Å². The maximum Gasteiger partial charge on any atom is 0.242 e. The van der Waals surface area contributed by atoms with E-state index in [0.717, 1.165) is 17.4 Å². The standard InChI is InChI=1S/C26H37N3O5S/c1-6-22(26(31)27-7-2)28(19-21-14-9-8-13-20(21)3)25(30)17-12-18-29(35(5,32)33)23-15-10-11-16-24(23)34-4/h8-11,13-16,22H,6-7,12,17-19H2,1-5H3,(H,27,31)/t22-/m1/s1. The first-order valence-electron chi connectivity index (χ1n) is 11.9. The predicted molar refractivity (Wildman–Crippen MR) is 139 cm³/mol. The number of carbonyl (C=O) groups is 2. The van der Waals surface area contributed by atoms with Gasteiger partial charge in [-0.25, -0.2) is 8.42 Å². The molecule has 0 aliphatic rings. The van der Waals surface area contributed by atoms with E-state index in [-0.39, 0.29) is 24.8 Å². The third kappa shape index (κ3) is 7.71. The van der Waals surface area contributed by atoms with E-state index < -0.39 is 16.1 Å². The number of aryl methyl sites for hydroxylation is 1. The second-order valence-corrected chi connectivity index (χ2v) is 10.3. The van der Waals surface area contributed by atoms with Crippen LogP contribution in [0.3, 0.4) is 0 Å². The van der Waals surface area contributed by atoms with Crippen LogP contribution in [-0.2, 0) is 26.2 Å². The van der Waals surface area contributed by atoms with Gasteiger partial charge in [-0.05, 0) is 49.9 Å². The van der Waals surface area contributed by atoms with Crippen LogP contribution < -0.4 is 14.4 Å². The smallest absolute Gasteiger partial charge is 0.242 e. The number of methoxy groups -OCH3 is 1. The molecule has 0 saturated heterocycles. The molecule has 35 heavy (non-hydrogen) atoms. The van der Waals surface area contributed by atoms with Crippen LogP contribution >= 0.6 is 0 Å². The summed E-state index contributed by atoms with van der Waals surface area (Å²) in [4.78, 5) is 27.8. The first-order valence-corrected chi connectivity index (χ1v) is 13.7. The summed E-state index contributed by atoms with van der Waals surface area (Å²) in [6.07, 6.45) is 2.00. The number of likely N-dealkylation sites (N-methyl/N-ethyl adjacent to an activating group) is 1. The number of sulfonamides is 1.